The van der Waals surface area contributed by atoms with Crippen LogP contribution < -0.4 is 15.1 Å². The molecule has 8 nitrogen and oxygen atoms in total. The minimum atomic E-state index is -5.11. The maximum Gasteiger partial charge on any atom is 0.416 e. The molecule has 280 valence electrons. The lowest BCUT2D eigenvalue weighted by Gasteiger charge is -2.29. The fourth-order valence-electron chi connectivity index (χ4n) is 5.32. The number of ether oxygens (including phenoxy) is 2. The first-order valence-corrected chi connectivity index (χ1v) is 16.0. The first-order chi connectivity index (χ1) is 23.7. The smallest absolute Gasteiger partial charge is 0.416 e. The first kappa shape index (κ1) is 39.7. The molecule has 4 rings (SSSR count). The minimum absolute atomic E-state index is 0.00218. The van der Waals surface area contributed by atoms with Gasteiger partial charge in [-0.05, 0) is 80.8 Å². The average molecular weight is 736 g/mol. The summed E-state index contributed by atoms with van der Waals surface area (Å²) in [7, 11) is 0. The van der Waals surface area contributed by atoms with Crippen LogP contribution in [0.2, 0.25) is 0 Å². The second-order valence-electron chi connectivity index (χ2n) is 12.9. The number of carbonyl (C=O) groups is 1. The van der Waals surface area contributed by atoms with Crippen LogP contribution in [0.4, 0.5) is 51.1 Å². The molecule has 0 spiro atoms. The summed E-state index contributed by atoms with van der Waals surface area (Å²) in [5, 5.41) is 3.04. The molecule has 51 heavy (non-hydrogen) atoms. The zero-order chi connectivity index (χ0) is 37.6. The number of benzene rings is 2. The molecule has 0 saturated carbocycles. The number of aromatic nitrogens is 2. The van der Waals surface area contributed by atoms with E-state index in [1.165, 1.54) is 23.4 Å². The van der Waals surface area contributed by atoms with Crippen LogP contribution >= 0.6 is 0 Å². The first-order valence-electron chi connectivity index (χ1n) is 16.0. The van der Waals surface area contributed by atoms with Crippen LogP contribution in [0.15, 0.2) is 48.8 Å². The topological polar surface area (TPSA) is 79.8 Å². The van der Waals surface area contributed by atoms with Crippen molar-refractivity contribution in [1.29, 1.82) is 0 Å². The van der Waals surface area contributed by atoms with Gasteiger partial charge in [-0.15, -0.1) is 0 Å². The standard InChI is InChI=1S/C34H38F9N5O3/c1-31(2,3)51-29(49)7-9-44-8-6-23-4-5-25(32(35,36)37)16-24(23)21-48(30-45-18-28(19-46-30)47-10-12-50-13-11-47)20-22-14-26(33(38,39)40)17-27(15-22)34(41,42)43/h4-5,14-19,44H,6-13,20-21H2,1-3H3. The van der Waals surface area contributed by atoms with E-state index in [1.54, 1.807) is 20.8 Å². The van der Waals surface area contributed by atoms with Crippen molar-refractivity contribution in [3.8, 4) is 0 Å². The van der Waals surface area contributed by atoms with Crippen molar-refractivity contribution < 1.29 is 53.8 Å². The monoisotopic (exact) mass is 735 g/mol. The Morgan fingerprint density at radius 2 is 1.39 bits per heavy atom. The van der Waals surface area contributed by atoms with E-state index >= 15 is 0 Å². The third-order valence-corrected chi connectivity index (χ3v) is 7.70. The molecule has 0 atom stereocenters. The van der Waals surface area contributed by atoms with E-state index in [9.17, 15) is 44.3 Å². The third kappa shape index (κ3) is 12.0. The Morgan fingerprint density at radius 1 is 0.804 bits per heavy atom. The Bertz CT molecular complexity index is 1580. The average Bonchev–Trinajstić information content (AvgIpc) is 3.03. The highest BCUT2D eigenvalue weighted by molar-refractivity contribution is 5.70. The van der Waals surface area contributed by atoms with Crippen LogP contribution in [-0.4, -0.2) is 60.9 Å². The number of nitrogens with one attached hydrogen (secondary N) is 1. The summed E-state index contributed by atoms with van der Waals surface area (Å²) in [6.07, 6.45) is -11.9. The summed E-state index contributed by atoms with van der Waals surface area (Å²) in [5.41, 5.74) is -4.05. The maximum absolute atomic E-state index is 13.9. The molecule has 1 fully saturated rings. The number of halogens is 9. The van der Waals surface area contributed by atoms with Crippen molar-refractivity contribution in [3.63, 3.8) is 0 Å². The summed E-state index contributed by atoms with van der Waals surface area (Å²) in [4.78, 5) is 23.8. The van der Waals surface area contributed by atoms with Gasteiger partial charge in [0, 0.05) is 32.7 Å². The molecule has 0 bridgehead atoms. The molecule has 1 aliphatic heterocycles. The lowest BCUT2D eigenvalue weighted by molar-refractivity contribution is -0.154. The second-order valence-corrected chi connectivity index (χ2v) is 12.9. The predicted molar refractivity (Wildman–Crippen MR) is 170 cm³/mol. The lowest BCUT2D eigenvalue weighted by Crippen LogP contribution is -2.36. The van der Waals surface area contributed by atoms with E-state index in [0.717, 1.165) is 12.1 Å². The van der Waals surface area contributed by atoms with E-state index in [2.05, 4.69) is 15.3 Å². The summed E-state index contributed by atoms with van der Waals surface area (Å²) < 4.78 is 134. The third-order valence-electron chi connectivity index (χ3n) is 7.70. The van der Waals surface area contributed by atoms with E-state index in [1.807, 2.05) is 4.90 Å². The number of morpholine rings is 1. The molecular formula is C34H38F9N5O3. The highest BCUT2D eigenvalue weighted by atomic mass is 19.4. The summed E-state index contributed by atoms with van der Waals surface area (Å²) in [6.45, 7) is 6.55. The molecule has 1 aliphatic rings. The molecule has 0 aliphatic carbocycles. The number of anilines is 2. The Morgan fingerprint density at radius 3 is 1.94 bits per heavy atom. The molecule has 0 unspecified atom stereocenters. The number of hydrogen-bond donors (Lipinski definition) is 1. The van der Waals surface area contributed by atoms with E-state index in [0.29, 0.717) is 49.7 Å². The minimum Gasteiger partial charge on any atom is -0.460 e. The number of nitrogens with zero attached hydrogens (tertiary/aromatic N) is 4. The van der Waals surface area contributed by atoms with Crippen LogP contribution in [0.25, 0.3) is 0 Å². The summed E-state index contributed by atoms with van der Waals surface area (Å²) >= 11 is 0. The molecule has 17 heteroatoms. The van der Waals surface area contributed by atoms with Gasteiger partial charge in [0.1, 0.15) is 5.60 Å². The van der Waals surface area contributed by atoms with Crippen LogP contribution in [0.5, 0.6) is 0 Å². The van der Waals surface area contributed by atoms with Crippen LogP contribution in [-0.2, 0) is 52.3 Å². The van der Waals surface area contributed by atoms with Gasteiger partial charge in [-0.3, -0.25) is 4.79 Å². The molecule has 1 N–H and O–H groups in total. The highest BCUT2D eigenvalue weighted by Gasteiger charge is 2.37. The Labute approximate surface area is 288 Å². The van der Waals surface area contributed by atoms with Gasteiger partial charge in [0.2, 0.25) is 5.95 Å². The van der Waals surface area contributed by atoms with Crippen LogP contribution in [0, 0.1) is 0 Å². The fourth-order valence-corrected chi connectivity index (χ4v) is 5.32. The van der Waals surface area contributed by atoms with Crippen molar-refractivity contribution in [2.75, 3.05) is 49.2 Å². The molecule has 0 amide bonds. The number of alkyl halides is 9. The molecule has 1 aromatic heterocycles. The van der Waals surface area contributed by atoms with Crippen molar-refractivity contribution in [3.05, 3.63) is 82.2 Å². The quantitative estimate of drug-likeness (QED) is 0.117. The van der Waals surface area contributed by atoms with Crippen molar-refractivity contribution in [2.45, 2.75) is 70.8 Å². The number of esters is 1. The van der Waals surface area contributed by atoms with Gasteiger partial charge >= 0.3 is 24.5 Å². The van der Waals surface area contributed by atoms with Gasteiger partial charge < -0.3 is 24.6 Å². The fraction of sp³-hybridized carbons (Fsp3) is 0.500. The molecule has 2 aromatic carbocycles. The summed E-state index contributed by atoms with van der Waals surface area (Å²) in [5.74, 6) is -0.569. The molecule has 1 saturated heterocycles. The SMILES string of the molecule is CC(C)(C)OC(=O)CCNCCc1ccc(C(F)(F)F)cc1CN(Cc1cc(C(F)(F)F)cc(C(F)(F)F)c1)c1ncc(N2CCOCC2)cn1. The second kappa shape index (κ2) is 16.0. The van der Waals surface area contributed by atoms with Gasteiger partial charge in [-0.25, -0.2) is 9.97 Å². The Balaban J connectivity index is 1.67. The van der Waals surface area contributed by atoms with Gasteiger partial charge in [0.05, 0.1) is 54.4 Å². The van der Waals surface area contributed by atoms with Crippen molar-refractivity contribution in [2.24, 2.45) is 0 Å². The zero-order valence-electron chi connectivity index (χ0n) is 28.1. The largest absolute Gasteiger partial charge is 0.460 e. The number of rotatable bonds is 12. The Hall–Kier alpha value is -4.12. The van der Waals surface area contributed by atoms with E-state index < -0.39 is 65.4 Å². The summed E-state index contributed by atoms with van der Waals surface area (Å²) in [6, 6.07) is 4.17. The van der Waals surface area contributed by atoms with Crippen LogP contribution in [0.3, 0.4) is 0 Å². The number of hydrogen-bond acceptors (Lipinski definition) is 8. The maximum atomic E-state index is 13.9. The van der Waals surface area contributed by atoms with E-state index in [-0.39, 0.29) is 43.5 Å². The highest BCUT2D eigenvalue weighted by Crippen LogP contribution is 2.37. The molecule has 0 radical (unpaired) electrons. The predicted octanol–water partition coefficient (Wildman–Crippen LogP) is 7.44. The lowest BCUT2D eigenvalue weighted by atomic mass is 9.99. The van der Waals surface area contributed by atoms with Gasteiger partial charge in [-0.2, -0.15) is 39.5 Å². The normalized spacial score (nSPS) is 14.5. The van der Waals surface area contributed by atoms with E-state index in [4.69, 9.17) is 9.47 Å². The van der Waals surface area contributed by atoms with Gasteiger partial charge in [0.25, 0.3) is 0 Å². The Kier molecular flexibility index (Phi) is 12.5. The van der Waals surface area contributed by atoms with Crippen LogP contribution in [0.1, 0.15) is 60.6 Å². The van der Waals surface area contributed by atoms with Crippen molar-refractivity contribution in [1.82, 2.24) is 15.3 Å². The zero-order valence-corrected chi connectivity index (χ0v) is 28.1. The van der Waals surface area contributed by atoms with Gasteiger partial charge in [-0.1, -0.05) is 6.07 Å². The molecule has 3 aromatic rings. The molecule has 2 heterocycles. The van der Waals surface area contributed by atoms with Gasteiger partial charge in [0.15, 0.2) is 0 Å². The van der Waals surface area contributed by atoms with Crippen molar-refractivity contribution >= 4 is 17.6 Å². The molecular weight excluding hydrogens is 697 g/mol. The number of carbonyl (C=O) groups excluding carboxylic acids is 1.